The maximum atomic E-state index is 12.2. The van der Waals surface area contributed by atoms with Crippen molar-refractivity contribution in [3.63, 3.8) is 0 Å². The van der Waals surface area contributed by atoms with E-state index in [4.69, 9.17) is 20.0 Å². The molecule has 1 amide bonds. The van der Waals surface area contributed by atoms with Crippen molar-refractivity contribution in [3.8, 4) is 0 Å². The number of carbonyl (C=O) groups excluding carboxylic acids is 1. The highest BCUT2D eigenvalue weighted by Gasteiger charge is 2.12. The lowest BCUT2D eigenvalue weighted by Gasteiger charge is -2.28. The number of amidine groups is 1. The van der Waals surface area contributed by atoms with Gasteiger partial charge in [-0.25, -0.2) is 0 Å². The number of anilines is 2. The van der Waals surface area contributed by atoms with Crippen LogP contribution in [0.25, 0.3) is 0 Å². The molecule has 2 aliphatic heterocycles. The number of nitrogens with one attached hydrogen (secondary N) is 1. The summed E-state index contributed by atoms with van der Waals surface area (Å²) >= 11 is 0. The minimum absolute atomic E-state index is 0.221. The van der Waals surface area contributed by atoms with Crippen LogP contribution in [0.1, 0.15) is 11.1 Å². The summed E-state index contributed by atoms with van der Waals surface area (Å²) in [7, 11) is 0. The van der Waals surface area contributed by atoms with Crippen molar-refractivity contribution in [2.45, 2.75) is 6.54 Å². The van der Waals surface area contributed by atoms with Crippen LogP contribution in [-0.4, -0.2) is 75.9 Å². The van der Waals surface area contributed by atoms with Gasteiger partial charge in [0.15, 0.2) is 12.4 Å². The van der Waals surface area contributed by atoms with Gasteiger partial charge in [0.2, 0.25) is 0 Å². The van der Waals surface area contributed by atoms with Crippen LogP contribution in [0.3, 0.4) is 0 Å². The minimum Gasteiger partial charge on any atom is -0.384 e. The van der Waals surface area contributed by atoms with E-state index in [9.17, 15) is 4.79 Å². The number of benzene rings is 2. The number of carbonyl (C=O) groups is 1. The summed E-state index contributed by atoms with van der Waals surface area (Å²) in [6, 6.07) is 15.6. The Bertz CT molecular complexity index is 921. The average molecular weight is 454 g/mol. The fraction of sp³-hybridized carbons (Fsp3) is 0.417. The lowest BCUT2D eigenvalue weighted by atomic mass is 10.1. The first-order chi connectivity index (χ1) is 16.2. The molecule has 3 N–H and O–H groups in total. The second-order valence-corrected chi connectivity index (χ2v) is 8.03. The molecule has 0 bridgehead atoms. The van der Waals surface area contributed by atoms with E-state index < -0.39 is 0 Å². The molecule has 9 heteroatoms. The second kappa shape index (κ2) is 11.6. The predicted molar refractivity (Wildman–Crippen MR) is 127 cm³/mol. The zero-order chi connectivity index (χ0) is 22.9. The quantitative estimate of drug-likeness (QED) is 0.356. The van der Waals surface area contributed by atoms with Crippen LogP contribution in [0.15, 0.2) is 53.7 Å². The SMILES string of the molecule is NC(=NOCC(=O)Nc1ccc(N2CCOCC2)cc1)c1ccc(CN2CCOCC2)cc1. The Morgan fingerprint density at radius 3 is 2.24 bits per heavy atom. The number of oxime groups is 1. The summed E-state index contributed by atoms with van der Waals surface area (Å²) in [5, 5.41) is 6.69. The molecule has 2 heterocycles. The average Bonchev–Trinajstić information content (AvgIpc) is 2.86. The molecule has 2 aromatic rings. The van der Waals surface area contributed by atoms with Gasteiger partial charge in [0.05, 0.1) is 26.4 Å². The van der Waals surface area contributed by atoms with Gasteiger partial charge in [-0.1, -0.05) is 29.4 Å². The van der Waals surface area contributed by atoms with Gasteiger partial charge in [-0.2, -0.15) is 0 Å². The third kappa shape index (κ3) is 6.92. The first-order valence-corrected chi connectivity index (χ1v) is 11.2. The van der Waals surface area contributed by atoms with E-state index in [0.29, 0.717) is 5.69 Å². The van der Waals surface area contributed by atoms with Crippen molar-refractivity contribution >= 4 is 23.1 Å². The van der Waals surface area contributed by atoms with E-state index >= 15 is 0 Å². The highest BCUT2D eigenvalue weighted by atomic mass is 16.6. The normalized spacial score (nSPS) is 17.6. The van der Waals surface area contributed by atoms with Gasteiger partial charge in [-0.3, -0.25) is 9.69 Å². The molecule has 0 atom stereocenters. The second-order valence-electron chi connectivity index (χ2n) is 8.03. The van der Waals surface area contributed by atoms with Crippen LogP contribution in [0.5, 0.6) is 0 Å². The van der Waals surface area contributed by atoms with Crippen molar-refractivity contribution in [1.29, 1.82) is 0 Å². The molecule has 4 rings (SSSR count). The minimum atomic E-state index is -0.300. The van der Waals surface area contributed by atoms with E-state index in [1.807, 2.05) is 48.5 Å². The van der Waals surface area contributed by atoms with Crippen LogP contribution in [0.2, 0.25) is 0 Å². The molecule has 9 nitrogen and oxygen atoms in total. The van der Waals surface area contributed by atoms with Crippen LogP contribution >= 0.6 is 0 Å². The molecule has 0 unspecified atom stereocenters. The van der Waals surface area contributed by atoms with Gasteiger partial charge in [0, 0.05) is 49.7 Å². The molecule has 0 saturated carbocycles. The summed E-state index contributed by atoms with van der Waals surface area (Å²) in [4.78, 5) is 21.9. The first kappa shape index (κ1) is 23.0. The third-order valence-electron chi connectivity index (χ3n) is 5.65. The molecule has 176 valence electrons. The van der Waals surface area contributed by atoms with E-state index in [-0.39, 0.29) is 18.3 Å². The summed E-state index contributed by atoms with van der Waals surface area (Å²) in [6.07, 6.45) is 0. The Balaban J connectivity index is 1.21. The Kier molecular flexibility index (Phi) is 8.13. The van der Waals surface area contributed by atoms with Crippen LogP contribution in [0.4, 0.5) is 11.4 Å². The van der Waals surface area contributed by atoms with Gasteiger partial charge in [-0.15, -0.1) is 0 Å². The number of amides is 1. The Labute approximate surface area is 194 Å². The Hall–Kier alpha value is -3.14. The van der Waals surface area contributed by atoms with Crippen LogP contribution in [0, 0.1) is 0 Å². The highest BCUT2D eigenvalue weighted by molar-refractivity contribution is 5.97. The summed E-state index contributed by atoms with van der Waals surface area (Å²) in [5.41, 5.74) is 9.77. The molecular formula is C24H31N5O4. The van der Waals surface area contributed by atoms with Crippen molar-refractivity contribution < 1.29 is 19.1 Å². The molecule has 0 radical (unpaired) electrons. The van der Waals surface area contributed by atoms with E-state index in [1.54, 1.807) is 0 Å². The topological polar surface area (TPSA) is 102 Å². The number of hydrogen-bond donors (Lipinski definition) is 2. The monoisotopic (exact) mass is 453 g/mol. The molecule has 0 aromatic heterocycles. The fourth-order valence-corrected chi connectivity index (χ4v) is 3.79. The summed E-state index contributed by atoms with van der Waals surface area (Å²) in [6.45, 7) is 7.32. The number of ether oxygens (including phenoxy) is 2. The smallest absolute Gasteiger partial charge is 0.265 e. The van der Waals surface area contributed by atoms with Gasteiger partial charge in [0.1, 0.15) is 0 Å². The molecule has 2 fully saturated rings. The number of nitrogens with zero attached hydrogens (tertiary/aromatic N) is 3. The molecule has 33 heavy (non-hydrogen) atoms. The van der Waals surface area contributed by atoms with E-state index in [2.05, 4.69) is 20.3 Å². The third-order valence-corrected chi connectivity index (χ3v) is 5.65. The van der Waals surface area contributed by atoms with Crippen LogP contribution in [-0.2, 0) is 25.7 Å². The molecule has 2 aliphatic rings. The van der Waals surface area contributed by atoms with E-state index in [0.717, 1.165) is 70.4 Å². The number of nitrogens with two attached hydrogens (primary N) is 1. The van der Waals surface area contributed by atoms with Crippen LogP contribution < -0.4 is 16.0 Å². The molecular weight excluding hydrogens is 422 g/mol. The number of rotatable bonds is 8. The zero-order valence-corrected chi connectivity index (χ0v) is 18.7. The largest absolute Gasteiger partial charge is 0.384 e. The van der Waals surface area contributed by atoms with Gasteiger partial charge < -0.3 is 30.3 Å². The van der Waals surface area contributed by atoms with Gasteiger partial charge >= 0.3 is 0 Å². The Morgan fingerprint density at radius 2 is 1.58 bits per heavy atom. The van der Waals surface area contributed by atoms with E-state index in [1.165, 1.54) is 5.56 Å². The first-order valence-electron chi connectivity index (χ1n) is 11.2. The summed E-state index contributed by atoms with van der Waals surface area (Å²) in [5.74, 6) is -0.0675. The van der Waals surface area contributed by atoms with Gasteiger partial charge in [0.25, 0.3) is 5.91 Å². The molecule has 2 aromatic carbocycles. The lowest BCUT2D eigenvalue weighted by Crippen LogP contribution is -2.36. The zero-order valence-electron chi connectivity index (χ0n) is 18.7. The molecule has 0 aliphatic carbocycles. The standard InChI is InChI=1S/C24H31N5O4/c25-24(20-3-1-19(2-4-20)17-28-9-13-31-14-10-28)27-33-18-23(30)26-21-5-7-22(8-6-21)29-11-15-32-16-12-29/h1-8H,9-18H2,(H2,25,27)(H,26,30). The van der Waals surface area contributed by atoms with Crippen molar-refractivity contribution in [2.75, 3.05) is 69.4 Å². The van der Waals surface area contributed by atoms with Crippen molar-refractivity contribution in [2.24, 2.45) is 10.9 Å². The predicted octanol–water partition coefficient (Wildman–Crippen LogP) is 1.63. The molecule has 0 spiro atoms. The summed E-state index contributed by atoms with van der Waals surface area (Å²) < 4.78 is 10.8. The van der Waals surface area contributed by atoms with Crippen molar-refractivity contribution in [1.82, 2.24) is 4.90 Å². The molecule has 2 saturated heterocycles. The highest BCUT2D eigenvalue weighted by Crippen LogP contribution is 2.19. The number of hydrogen-bond acceptors (Lipinski definition) is 7. The Morgan fingerprint density at radius 1 is 0.939 bits per heavy atom. The van der Waals surface area contributed by atoms with Crippen molar-refractivity contribution in [3.05, 3.63) is 59.7 Å². The lowest BCUT2D eigenvalue weighted by molar-refractivity contribution is -0.120. The maximum absolute atomic E-state index is 12.2. The number of morpholine rings is 2. The maximum Gasteiger partial charge on any atom is 0.265 e. The van der Waals surface area contributed by atoms with Gasteiger partial charge in [-0.05, 0) is 29.8 Å². The fourth-order valence-electron chi connectivity index (χ4n) is 3.79.